The number of fused-ring (bicyclic) bond motifs is 1. The number of aromatic nitrogens is 2. The molecule has 0 spiro atoms. The van der Waals surface area contributed by atoms with Crippen molar-refractivity contribution in [3.8, 4) is 11.5 Å². The van der Waals surface area contributed by atoms with Gasteiger partial charge in [0, 0.05) is 25.4 Å². The average Bonchev–Trinajstić information content (AvgIpc) is 2.98. The summed E-state index contributed by atoms with van der Waals surface area (Å²) in [5.74, 6) is 2.08. The van der Waals surface area contributed by atoms with Crippen LogP contribution in [0.25, 0.3) is 5.52 Å². The van der Waals surface area contributed by atoms with Crippen LogP contribution in [-0.2, 0) is 6.54 Å². The van der Waals surface area contributed by atoms with Crippen LogP contribution in [0, 0.1) is 6.92 Å². The number of rotatable bonds is 5. The molecule has 3 rings (SSSR count). The van der Waals surface area contributed by atoms with Crippen molar-refractivity contribution in [2.45, 2.75) is 13.5 Å². The van der Waals surface area contributed by atoms with Gasteiger partial charge in [-0.25, -0.2) is 4.98 Å². The number of ether oxygens (including phenoxy) is 2. The number of nitrogens with zero attached hydrogens (tertiary/aromatic N) is 3. The zero-order chi connectivity index (χ0) is 18.0. The van der Waals surface area contributed by atoms with Crippen LogP contribution in [-0.4, -0.2) is 41.5 Å². The topological polar surface area (TPSA) is 56.1 Å². The van der Waals surface area contributed by atoms with Crippen LogP contribution in [0.1, 0.15) is 21.9 Å². The molecule has 0 N–H and O–H groups in total. The van der Waals surface area contributed by atoms with Gasteiger partial charge in [0.25, 0.3) is 5.91 Å². The molecule has 0 aliphatic carbocycles. The third kappa shape index (κ3) is 3.15. The molecule has 1 aromatic carbocycles. The molecular formula is C19H21N3O3. The van der Waals surface area contributed by atoms with Crippen molar-refractivity contribution < 1.29 is 14.3 Å². The Bertz CT molecular complexity index is 917. The number of methoxy groups -OCH3 is 2. The van der Waals surface area contributed by atoms with Crippen molar-refractivity contribution in [3.63, 3.8) is 0 Å². The van der Waals surface area contributed by atoms with Gasteiger partial charge in [0.1, 0.15) is 17.3 Å². The Morgan fingerprint density at radius 1 is 1.20 bits per heavy atom. The van der Waals surface area contributed by atoms with E-state index in [1.807, 2.05) is 53.9 Å². The monoisotopic (exact) mass is 339 g/mol. The van der Waals surface area contributed by atoms with Gasteiger partial charge in [-0.15, -0.1) is 0 Å². The van der Waals surface area contributed by atoms with E-state index in [0.29, 0.717) is 18.0 Å². The van der Waals surface area contributed by atoms with Crippen LogP contribution in [0.2, 0.25) is 0 Å². The highest BCUT2D eigenvalue weighted by Gasteiger charge is 2.20. The first-order chi connectivity index (χ1) is 12.0. The van der Waals surface area contributed by atoms with Crippen LogP contribution in [0.15, 0.2) is 42.6 Å². The molecule has 130 valence electrons. The number of hydrogen-bond donors (Lipinski definition) is 0. The molecule has 0 bridgehead atoms. The summed E-state index contributed by atoms with van der Waals surface area (Å²) in [6, 6.07) is 11.3. The van der Waals surface area contributed by atoms with E-state index in [0.717, 1.165) is 22.7 Å². The van der Waals surface area contributed by atoms with Gasteiger partial charge in [-0.05, 0) is 37.3 Å². The maximum Gasteiger partial charge on any atom is 0.274 e. The fourth-order valence-corrected chi connectivity index (χ4v) is 2.86. The molecule has 2 aromatic heterocycles. The van der Waals surface area contributed by atoms with Gasteiger partial charge in [0.15, 0.2) is 5.69 Å². The van der Waals surface area contributed by atoms with Gasteiger partial charge in [-0.1, -0.05) is 6.07 Å². The summed E-state index contributed by atoms with van der Waals surface area (Å²) < 4.78 is 12.6. The first-order valence-corrected chi connectivity index (χ1v) is 7.95. The zero-order valence-corrected chi connectivity index (χ0v) is 14.8. The Hall–Kier alpha value is -3.02. The van der Waals surface area contributed by atoms with E-state index in [9.17, 15) is 4.79 Å². The van der Waals surface area contributed by atoms with Crippen molar-refractivity contribution in [1.29, 1.82) is 0 Å². The van der Waals surface area contributed by atoms with E-state index in [4.69, 9.17) is 9.47 Å². The molecule has 0 atom stereocenters. The van der Waals surface area contributed by atoms with E-state index in [-0.39, 0.29) is 5.91 Å². The minimum atomic E-state index is -0.137. The second kappa shape index (κ2) is 6.84. The van der Waals surface area contributed by atoms with Crippen molar-refractivity contribution >= 4 is 11.4 Å². The second-order valence-electron chi connectivity index (χ2n) is 5.80. The second-order valence-corrected chi connectivity index (χ2v) is 5.80. The van der Waals surface area contributed by atoms with E-state index in [1.54, 1.807) is 26.2 Å². The van der Waals surface area contributed by atoms with E-state index in [1.165, 1.54) is 0 Å². The van der Waals surface area contributed by atoms with Crippen molar-refractivity contribution in [2.24, 2.45) is 0 Å². The molecule has 2 heterocycles. The number of imidazole rings is 1. The molecular weight excluding hydrogens is 318 g/mol. The average molecular weight is 339 g/mol. The number of benzene rings is 1. The molecule has 6 heteroatoms. The quantitative estimate of drug-likeness (QED) is 0.717. The maximum atomic E-state index is 12.9. The number of amides is 1. The molecule has 6 nitrogen and oxygen atoms in total. The molecule has 0 saturated heterocycles. The van der Waals surface area contributed by atoms with Crippen molar-refractivity contribution in [1.82, 2.24) is 14.3 Å². The molecule has 1 amide bonds. The molecule has 0 fully saturated rings. The number of pyridine rings is 1. The van der Waals surface area contributed by atoms with E-state index in [2.05, 4.69) is 4.98 Å². The Labute approximate surface area is 146 Å². The lowest BCUT2D eigenvalue weighted by atomic mass is 10.1. The summed E-state index contributed by atoms with van der Waals surface area (Å²) in [6.45, 7) is 2.28. The lowest BCUT2D eigenvalue weighted by molar-refractivity contribution is 0.0780. The Morgan fingerprint density at radius 2 is 2.00 bits per heavy atom. The number of carbonyl (C=O) groups is 1. The fourth-order valence-electron chi connectivity index (χ4n) is 2.86. The first-order valence-electron chi connectivity index (χ1n) is 7.95. The number of hydrogen-bond acceptors (Lipinski definition) is 4. The highest BCUT2D eigenvalue weighted by molar-refractivity contribution is 5.99. The van der Waals surface area contributed by atoms with Gasteiger partial charge >= 0.3 is 0 Å². The largest absolute Gasteiger partial charge is 0.497 e. The van der Waals surface area contributed by atoms with Crippen LogP contribution >= 0.6 is 0 Å². The SMILES string of the molecule is COc1ccc(OC)c(CN(C)C(=O)c2nc(C)n3ccccc23)c1. The maximum absolute atomic E-state index is 12.9. The Kier molecular flexibility index (Phi) is 4.61. The predicted molar refractivity (Wildman–Crippen MR) is 95.3 cm³/mol. The van der Waals surface area contributed by atoms with Crippen LogP contribution in [0.3, 0.4) is 0 Å². The summed E-state index contributed by atoms with van der Waals surface area (Å²) >= 11 is 0. The van der Waals surface area contributed by atoms with Gasteiger partial charge < -0.3 is 18.8 Å². The summed E-state index contributed by atoms with van der Waals surface area (Å²) in [7, 11) is 4.98. The van der Waals surface area contributed by atoms with Crippen molar-refractivity contribution in [2.75, 3.05) is 21.3 Å². The van der Waals surface area contributed by atoms with Gasteiger partial charge in [0.05, 0.1) is 19.7 Å². The third-order valence-corrected chi connectivity index (χ3v) is 4.17. The van der Waals surface area contributed by atoms with Gasteiger partial charge in [0.2, 0.25) is 0 Å². The molecule has 0 unspecified atom stereocenters. The first kappa shape index (κ1) is 16.8. The minimum Gasteiger partial charge on any atom is -0.497 e. The normalized spacial score (nSPS) is 10.7. The van der Waals surface area contributed by atoms with Gasteiger partial charge in [-0.3, -0.25) is 4.79 Å². The van der Waals surface area contributed by atoms with Crippen LogP contribution in [0.4, 0.5) is 0 Å². The third-order valence-electron chi connectivity index (χ3n) is 4.17. The Balaban J connectivity index is 1.90. The molecule has 0 aliphatic rings. The van der Waals surface area contributed by atoms with E-state index < -0.39 is 0 Å². The summed E-state index contributed by atoms with van der Waals surface area (Å²) in [4.78, 5) is 19.0. The number of aryl methyl sites for hydroxylation is 1. The number of carbonyl (C=O) groups excluding carboxylic acids is 1. The molecule has 0 radical (unpaired) electrons. The fraction of sp³-hybridized carbons (Fsp3) is 0.263. The van der Waals surface area contributed by atoms with Crippen LogP contribution in [0.5, 0.6) is 11.5 Å². The summed E-state index contributed by atoms with van der Waals surface area (Å²) in [5.41, 5.74) is 2.12. The lowest BCUT2D eigenvalue weighted by Gasteiger charge is -2.18. The highest BCUT2D eigenvalue weighted by Crippen LogP contribution is 2.25. The van der Waals surface area contributed by atoms with Crippen molar-refractivity contribution in [3.05, 3.63) is 59.7 Å². The molecule has 0 saturated carbocycles. The molecule has 3 aromatic rings. The standard InChI is InChI=1S/C19H21N3O3/c1-13-20-18(16-7-5-6-10-22(13)16)19(23)21(2)12-14-11-15(24-3)8-9-17(14)25-4/h5-11H,12H2,1-4H3. The molecule has 0 aliphatic heterocycles. The van der Waals surface area contributed by atoms with Gasteiger partial charge in [-0.2, -0.15) is 0 Å². The summed E-state index contributed by atoms with van der Waals surface area (Å²) in [5, 5.41) is 0. The van der Waals surface area contributed by atoms with Crippen LogP contribution < -0.4 is 9.47 Å². The zero-order valence-electron chi connectivity index (χ0n) is 14.8. The van der Waals surface area contributed by atoms with E-state index >= 15 is 0 Å². The Morgan fingerprint density at radius 3 is 2.72 bits per heavy atom. The molecule has 25 heavy (non-hydrogen) atoms. The highest BCUT2D eigenvalue weighted by atomic mass is 16.5. The lowest BCUT2D eigenvalue weighted by Crippen LogP contribution is -2.27. The minimum absolute atomic E-state index is 0.137. The summed E-state index contributed by atoms with van der Waals surface area (Å²) in [6.07, 6.45) is 1.90. The predicted octanol–water partition coefficient (Wildman–Crippen LogP) is 2.93. The smallest absolute Gasteiger partial charge is 0.274 e.